The Hall–Kier alpha value is -2.25. The number of anilines is 1. The van der Waals surface area contributed by atoms with Crippen LogP contribution in [0.5, 0.6) is 0 Å². The Kier molecular flexibility index (Phi) is 6.05. The van der Waals surface area contributed by atoms with Crippen molar-refractivity contribution in [1.29, 1.82) is 0 Å². The van der Waals surface area contributed by atoms with Gasteiger partial charge < -0.3 is 16.0 Å². The lowest BCUT2D eigenvalue weighted by molar-refractivity contribution is -0.131. The summed E-state index contributed by atoms with van der Waals surface area (Å²) in [5.74, 6) is -0.215. The number of carbonyl (C=O) groups excluding carboxylic acids is 2. The van der Waals surface area contributed by atoms with Gasteiger partial charge in [0.05, 0.1) is 0 Å². The minimum Gasteiger partial charge on any atom is -0.336 e. The van der Waals surface area contributed by atoms with E-state index in [0.29, 0.717) is 24.5 Å². The van der Waals surface area contributed by atoms with Crippen molar-refractivity contribution in [3.05, 3.63) is 45.9 Å². The van der Waals surface area contributed by atoms with Gasteiger partial charge in [0.25, 0.3) is 5.91 Å². The molecule has 0 saturated heterocycles. The smallest absolute Gasteiger partial charge is 0.275 e. The van der Waals surface area contributed by atoms with E-state index in [0.717, 1.165) is 10.6 Å². The van der Waals surface area contributed by atoms with Gasteiger partial charge in [0.15, 0.2) is 0 Å². The van der Waals surface area contributed by atoms with Crippen LogP contribution < -0.4 is 11.1 Å². The summed E-state index contributed by atoms with van der Waals surface area (Å²) in [6, 6.07) is 7.59. The minimum absolute atomic E-state index is 0.0432. The molecule has 6 nitrogen and oxygen atoms in total. The van der Waals surface area contributed by atoms with Crippen molar-refractivity contribution in [2.24, 2.45) is 5.73 Å². The number of hydrogen-bond donors (Lipinski definition) is 2. The lowest BCUT2D eigenvalue weighted by Gasteiger charge is -2.25. The van der Waals surface area contributed by atoms with Crippen molar-refractivity contribution in [2.75, 3.05) is 5.32 Å². The zero-order valence-electron chi connectivity index (χ0n) is 14.1. The molecule has 0 aliphatic heterocycles. The third-order valence-corrected chi connectivity index (χ3v) is 4.42. The molecule has 1 heterocycles. The van der Waals surface area contributed by atoms with Gasteiger partial charge in [0.1, 0.15) is 10.7 Å². The molecular formula is C17H22N4O2S. The van der Waals surface area contributed by atoms with Crippen molar-refractivity contribution in [1.82, 2.24) is 9.88 Å². The monoisotopic (exact) mass is 346 g/mol. The van der Waals surface area contributed by atoms with Crippen LogP contribution in [0.2, 0.25) is 0 Å². The predicted molar refractivity (Wildman–Crippen MR) is 95.8 cm³/mol. The van der Waals surface area contributed by atoms with Crippen LogP contribution in [0, 0.1) is 0 Å². The van der Waals surface area contributed by atoms with E-state index in [9.17, 15) is 9.59 Å². The number of rotatable bonds is 6. The first-order valence-corrected chi connectivity index (χ1v) is 8.60. The van der Waals surface area contributed by atoms with E-state index in [4.69, 9.17) is 5.73 Å². The molecule has 1 aromatic heterocycles. The number of hydrogen-bond acceptors (Lipinski definition) is 5. The van der Waals surface area contributed by atoms with E-state index in [1.165, 1.54) is 11.3 Å². The van der Waals surface area contributed by atoms with Crippen LogP contribution in [0.25, 0.3) is 0 Å². The summed E-state index contributed by atoms with van der Waals surface area (Å²) in [7, 11) is 0. The molecule has 0 radical (unpaired) electrons. The summed E-state index contributed by atoms with van der Waals surface area (Å²) in [6.07, 6.45) is 0. The topological polar surface area (TPSA) is 88.3 Å². The second-order valence-corrected chi connectivity index (χ2v) is 6.66. The number of amides is 2. The molecule has 0 saturated carbocycles. The van der Waals surface area contributed by atoms with Crippen molar-refractivity contribution < 1.29 is 9.59 Å². The molecule has 2 rings (SSSR count). The van der Waals surface area contributed by atoms with E-state index >= 15 is 0 Å². The number of aromatic nitrogens is 1. The first-order chi connectivity index (χ1) is 11.4. The molecule has 3 N–H and O–H groups in total. The van der Waals surface area contributed by atoms with Crippen LogP contribution in [0.4, 0.5) is 5.69 Å². The third-order valence-electron chi connectivity index (χ3n) is 3.55. The second-order valence-electron chi connectivity index (χ2n) is 5.72. The summed E-state index contributed by atoms with van der Waals surface area (Å²) in [4.78, 5) is 29.7. The van der Waals surface area contributed by atoms with Gasteiger partial charge in [0.2, 0.25) is 5.91 Å². The Morgan fingerprint density at radius 2 is 1.96 bits per heavy atom. The van der Waals surface area contributed by atoms with Gasteiger partial charge in [-0.1, -0.05) is 12.1 Å². The molecule has 1 aromatic carbocycles. The predicted octanol–water partition coefficient (Wildman–Crippen LogP) is 2.61. The number of benzene rings is 1. The third kappa shape index (κ3) is 4.62. The van der Waals surface area contributed by atoms with E-state index < -0.39 is 0 Å². The van der Waals surface area contributed by atoms with Gasteiger partial charge in [-0.15, -0.1) is 11.3 Å². The summed E-state index contributed by atoms with van der Waals surface area (Å²) in [5, 5.41) is 5.23. The Labute approximate surface area is 145 Å². The van der Waals surface area contributed by atoms with Gasteiger partial charge in [-0.25, -0.2) is 4.98 Å². The van der Waals surface area contributed by atoms with Crippen LogP contribution in [0.3, 0.4) is 0 Å². The fourth-order valence-corrected chi connectivity index (χ4v) is 2.91. The van der Waals surface area contributed by atoms with E-state index in [1.54, 1.807) is 17.2 Å². The maximum absolute atomic E-state index is 12.1. The SMILES string of the molecule is CC(=O)N(Cc1ccc(NC(=O)c2csc(CN)n2)cc1)C(C)C. The maximum atomic E-state index is 12.1. The van der Waals surface area contributed by atoms with E-state index in [1.807, 2.05) is 38.1 Å². The van der Waals surface area contributed by atoms with Crippen LogP contribution >= 0.6 is 11.3 Å². The van der Waals surface area contributed by atoms with Crippen LogP contribution in [0.1, 0.15) is 41.8 Å². The molecule has 0 bridgehead atoms. The largest absolute Gasteiger partial charge is 0.336 e. The lowest BCUT2D eigenvalue weighted by atomic mass is 10.1. The molecule has 0 unspecified atom stereocenters. The molecule has 0 spiro atoms. The fraction of sp³-hybridized carbons (Fsp3) is 0.353. The van der Waals surface area contributed by atoms with E-state index in [2.05, 4.69) is 10.3 Å². The van der Waals surface area contributed by atoms with Gasteiger partial charge in [0, 0.05) is 37.1 Å². The highest BCUT2D eigenvalue weighted by Crippen LogP contribution is 2.15. The zero-order chi connectivity index (χ0) is 17.7. The summed E-state index contributed by atoms with van der Waals surface area (Å²) < 4.78 is 0. The Morgan fingerprint density at radius 1 is 1.29 bits per heavy atom. The number of nitrogens with zero attached hydrogens (tertiary/aromatic N) is 2. The van der Waals surface area contributed by atoms with Crippen LogP contribution in [0.15, 0.2) is 29.6 Å². The molecule has 0 aliphatic rings. The zero-order valence-corrected chi connectivity index (χ0v) is 14.9. The molecule has 2 amide bonds. The fourth-order valence-electron chi connectivity index (χ4n) is 2.25. The van der Waals surface area contributed by atoms with Crippen molar-refractivity contribution >= 4 is 28.8 Å². The van der Waals surface area contributed by atoms with Crippen molar-refractivity contribution in [2.45, 2.75) is 39.9 Å². The molecule has 0 atom stereocenters. The van der Waals surface area contributed by atoms with E-state index in [-0.39, 0.29) is 17.9 Å². The minimum atomic E-state index is -0.258. The quantitative estimate of drug-likeness (QED) is 0.841. The number of thiazole rings is 1. The molecule has 7 heteroatoms. The Bertz CT molecular complexity index is 710. The molecule has 2 aromatic rings. The van der Waals surface area contributed by atoms with Gasteiger partial charge in [-0.05, 0) is 31.5 Å². The van der Waals surface area contributed by atoms with Crippen molar-refractivity contribution in [3.8, 4) is 0 Å². The maximum Gasteiger partial charge on any atom is 0.275 e. The summed E-state index contributed by atoms with van der Waals surface area (Å²) >= 11 is 1.37. The first kappa shape index (κ1) is 18.1. The highest BCUT2D eigenvalue weighted by Gasteiger charge is 2.14. The highest BCUT2D eigenvalue weighted by molar-refractivity contribution is 7.09. The lowest BCUT2D eigenvalue weighted by Crippen LogP contribution is -2.34. The average Bonchev–Trinajstić information content (AvgIpc) is 3.02. The number of nitrogens with one attached hydrogen (secondary N) is 1. The standard InChI is InChI=1S/C17H22N4O2S/c1-11(2)21(12(3)22)9-13-4-6-14(7-5-13)19-17(23)15-10-24-16(8-18)20-15/h4-7,10-11H,8-9,18H2,1-3H3,(H,19,23). The molecule has 0 aliphatic carbocycles. The second kappa shape index (κ2) is 8.03. The van der Waals surface area contributed by atoms with Crippen LogP contribution in [-0.2, 0) is 17.9 Å². The summed E-state index contributed by atoms with van der Waals surface area (Å²) in [6.45, 7) is 6.42. The van der Waals surface area contributed by atoms with Gasteiger partial charge in [-0.2, -0.15) is 0 Å². The molecular weight excluding hydrogens is 324 g/mol. The van der Waals surface area contributed by atoms with Gasteiger partial charge in [-0.3, -0.25) is 9.59 Å². The Morgan fingerprint density at radius 3 is 2.46 bits per heavy atom. The normalized spacial score (nSPS) is 10.7. The van der Waals surface area contributed by atoms with Crippen LogP contribution in [-0.4, -0.2) is 27.7 Å². The number of carbonyl (C=O) groups is 2. The molecule has 128 valence electrons. The number of nitrogens with two attached hydrogens (primary N) is 1. The molecule has 24 heavy (non-hydrogen) atoms. The Balaban J connectivity index is 2.01. The average molecular weight is 346 g/mol. The van der Waals surface area contributed by atoms with Crippen molar-refractivity contribution in [3.63, 3.8) is 0 Å². The summed E-state index contributed by atoms with van der Waals surface area (Å²) in [5.41, 5.74) is 7.57. The molecule has 0 fully saturated rings. The first-order valence-electron chi connectivity index (χ1n) is 7.72. The van der Waals surface area contributed by atoms with Gasteiger partial charge >= 0.3 is 0 Å². The highest BCUT2D eigenvalue weighted by atomic mass is 32.1.